The first-order valence-electron chi connectivity index (χ1n) is 11.3. The number of hydrogen-bond donors (Lipinski definition) is 2. The van der Waals surface area contributed by atoms with Crippen LogP contribution in [-0.2, 0) is 0 Å². The second-order valence-electron chi connectivity index (χ2n) is 8.28. The van der Waals surface area contributed by atoms with Gasteiger partial charge in [-0.1, -0.05) is 25.8 Å². The lowest BCUT2D eigenvalue weighted by Gasteiger charge is -2.08. The topological polar surface area (TPSA) is 74.4 Å². The highest BCUT2D eigenvalue weighted by molar-refractivity contribution is 5.89. The first-order valence-corrected chi connectivity index (χ1v) is 11.3. The van der Waals surface area contributed by atoms with Crippen LogP contribution in [-0.4, -0.2) is 29.2 Å². The number of phenolic OH excluding ortho intramolecular Hbond substituents is 2. The molecule has 3 aromatic carbocycles. The summed E-state index contributed by atoms with van der Waals surface area (Å²) in [6.45, 7) is 8.77. The van der Waals surface area contributed by atoms with Crippen molar-refractivity contribution in [1.29, 1.82) is 0 Å². The van der Waals surface area contributed by atoms with Crippen molar-refractivity contribution in [2.24, 2.45) is 9.98 Å². The molecule has 0 atom stereocenters. The molecule has 0 aliphatic carbocycles. The van der Waals surface area contributed by atoms with Crippen LogP contribution in [0, 0.1) is 20.8 Å². The minimum absolute atomic E-state index is 0.116. The van der Waals surface area contributed by atoms with E-state index < -0.39 is 0 Å². The van der Waals surface area contributed by atoms with Crippen molar-refractivity contribution in [3.05, 3.63) is 76.3 Å². The summed E-state index contributed by atoms with van der Waals surface area (Å²) < 4.78 is 5.70. The Kier molecular flexibility index (Phi) is 8.25. The van der Waals surface area contributed by atoms with Crippen LogP contribution in [0.3, 0.4) is 0 Å². The lowest BCUT2D eigenvalue weighted by Crippen LogP contribution is -1.97. The molecule has 0 saturated carbocycles. The predicted octanol–water partition coefficient (Wildman–Crippen LogP) is 7.09. The van der Waals surface area contributed by atoms with E-state index in [0.29, 0.717) is 34.9 Å². The summed E-state index contributed by atoms with van der Waals surface area (Å²) in [6, 6.07) is 14.7. The highest BCUT2D eigenvalue weighted by atomic mass is 16.5. The SMILES string of the molecule is CCCCCOc1ccc(C=Nc2cc(C)c(C)cc2N=Cc2ccc(C)cc2O)c(O)c1. The molecule has 0 fully saturated rings. The van der Waals surface area contributed by atoms with Gasteiger partial charge in [-0.05, 0) is 80.3 Å². The highest BCUT2D eigenvalue weighted by Crippen LogP contribution is 2.32. The molecule has 2 N–H and O–H groups in total. The number of unbranched alkanes of at least 4 members (excludes halogenated alkanes) is 2. The molecule has 33 heavy (non-hydrogen) atoms. The van der Waals surface area contributed by atoms with E-state index in [1.807, 2.05) is 51.1 Å². The number of aromatic hydroxyl groups is 2. The maximum absolute atomic E-state index is 10.4. The van der Waals surface area contributed by atoms with Crippen LogP contribution in [0.5, 0.6) is 17.2 Å². The number of benzene rings is 3. The summed E-state index contributed by atoms with van der Waals surface area (Å²) in [7, 11) is 0. The van der Waals surface area contributed by atoms with Gasteiger partial charge in [0.25, 0.3) is 0 Å². The number of phenols is 2. The monoisotopic (exact) mass is 444 g/mol. The van der Waals surface area contributed by atoms with Crippen LogP contribution in [0.4, 0.5) is 11.4 Å². The van der Waals surface area contributed by atoms with Crippen molar-refractivity contribution in [2.45, 2.75) is 47.0 Å². The van der Waals surface area contributed by atoms with Crippen molar-refractivity contribution in [1.82, 2.24) is 0 Å². The van der Waals surface area contributed by atoms with Gasteiger partial charge in [0.1, 0.15) is 17.2 Å². The molecule has 0 spiro atoms. The van der Waals surface area contributed by atoms with E-state index in [9.17, 15) is 10.2 Å². The molecule has 3 rings (SSSR count). The van der Waals surface area contributed by atoms with Crippen LogP contribution in [0.1, 0.15) is 54.0 Å². The van der Waals surface area contributed by atoms with E-state index in [-0.39, 0.29) is 11.5 Å². The van der Waals surface area contributed by atoms with Gasteiger partial charge in [0.15, 0.2) is 0 Å². The van der Waals surface area contributed by atoms with Crippen molar-refractivity contribution in [3.63, 3.8) is 0 Å². The Morgan fingerprint density at radius 3 is 1.88 bits per heavy atom. The van der Waals surface area contributed by atoms with Crippen LogP contribution >= 0.6 is 0 Å². The zero-order valence-electron chi connectivity index (χ0n) is 19.8. The number of rotatable bonds is 9. The van der Waals surface area contributed by atoms with Crippen molar-refractivity contribution in [3.8, 4) is 17.2 Å². The molecule has 172 valence electrons. The first kappa shape index (κ1) is 24.1. The summed E-state index contributed by atoms with van der Waals surface area (Å²) in [6.07, 6.45) is 6.53. The zero-order valence-corrected chi connectivity index (χ0v) is 19.8. The van der Waals surface area contributed by atoms with E-state index >= 15 is 0 Å². The average Bonchev–Trinajstić information content (AvgIpc) is 2.78. The molecule has 3 aromatic rings. The lowest BCUT2D eigenvalue weighted by molar-refractivity contribution is 0.304. The maximum atomic E-state index is 10.4. The van der Waals surface area contributed by atoms with E-state index in [0.717, 1.165) is 36.0 Å². The molecule has 0 amide bonds. The Morgan fingerprint density at radius 2 is 1.33 bits per heavy atom. The van der Waals surface area contributed by atoms with Crippen LogP contribution < -0.4 is 4.74 Å². The fraction of sp³-hybridized carbons (Fsp3) is 0.286. The fourth-order valence-corrected chi connectivity index (χ4v) is 3.30. The standard InChI is InChI=1S/C28H32N2O3/c1-5-6-7-12-33-24-11-10-23(28(32)16-24)18-30-26-15-21(4)20(3)14-25(26)29-17-22-9-8-19(2)13-27(22)31/h8-11,13-18,31-32H,5-7,12H2,1-4H3. The average molecular weight is 445 g/mol. The number of aliphatic imine (C=N–C) groups is 2. The van der Waals surface area contributed by atoms with Crippen molar-refractivity contribution in [2.75, 3.05) is 6.61 Å². The molecule has 0 saturated heterocycles. The summed E-state index contributed by atoms with van der Waals surface area (Å²) in [5.74, 6) is 0.954. The Hall–Kier alpha value is -3.60. The molecule has 0 aliphatic heterocycles. The van der Waals surface area contributed by atoms with Crippen LogP contribution in [0.25, 0.3) is 0 Å². The summed E-state index contributed by atoms with van der Waals surface area (Å²) in [5, 5.41) is 20.6. The van der Waals surface area contributed by atoms with Crippen molar-refractivity contribution < 1.29 is 14.9 Å². The maximum Gasteiger partial charge on any atom is 0.128 e. The third-order valence-corrected chi connectivity index (χ3v) is 5.48. The minimum Gasteiger partial charge on any atom is -0.507 e. The van der Waals surface area contributed by atoms with Gasteiger partial charge >= 0.3 is 0 Å². The smallest absolute Gasteiger partial charge is 0.128 e. The van der Waals surface area contributed by atoms with E-state index in [1.54, 1.807) is 30.6 Å². The lowest BCUT2D eigenvalue weighted by atomic mass is 10.1. The molecule has 0 aliphatic rings. The molecule has 0 unspecified atom stereocenters. The number of nitrogens with zero attached hydrogens (tertiary/aromatic N) is 2. The molecule has 5 heteroatoms. The van der Waals surface area contributed by atoms with Gasteiger partial charge < -0.3 is 14.9 Å². The Balaban J connectivity index is 1.83. The van der Waals surface area contributed by atoms with Gasteiger partial charge in [0, 0.05) is 29.6 Å². The zero-order chi connectivity index (χ0) is 23.8. The predicted molar refractivity (Wildman–Crippen MR) is 136 cm³/mol. The quantitative estimate of drug-likeness (QED) is 0.273. The normalized spacial score (nSPS) is 11.5. The molecule has 0 heterocycles. The van der Waals surface area contributed by atoms with Gasteiger partial charge in [-0.25, -0.2) is 0 Å². The Bertz CT molecular complexity index is 1170. The minimum atomic E-state index is 0.116. The Morgan fingerprint density at radius 1 is 0.758 bits per heavy atom. The number of ether oxygens (including phenoxy) is 1. The second kappa shape index (κ2) is 11.3. The third kappa shape index (κ3) is 6.69. The van der Waals surface area contributed by atoms with Crippen LogP contribution in [0.2, 0.25) is 0 Å². The number of aryl methyl sites for hydroxylation is 3. The summed E-state index contributed by atoms with van der Waals surface area (Å²) in [4.78, 5) is 9.19. The Labute approximate surface area is 196 Å². The van der Waals surface area contributed by atoms with Gasteiger partial charge in [0.05, 0.1) is 18.0 Å². The van der Waals surface area contributed by atoms with E-state index in [4.69, 9.17) is 4.74 Å². The van der Waals surface area contributed by atoms with Crippen LogP contribution in [0.15, 0.2) is 58.5 Å². The molecule has 0 aromatic heterocycles. The number of hydrogen-bond acceptors (Lipinski definition) is 5. The highest BCUT2D eigenvalue weighted by Gasteiger charge is 2.06. The third-order valence-electron chi connectivity index (χ3n) is 5.48. The molecular weight excluding hydrogens is 412 g/mol. The first-order chi connectivity index (χ1) is 15.9. The largest absolute Gasteiger partial charge is 0.507 e. The molecule has 5 nitrogen and oxygen atoms in total. The second-order valence-corrected chi connectivity index (χ2v) is 8.28. The molecule has 0 bridgehead atoms. The van der Waals surface area contributed by atoms with E-state index in [2.05, 4.69) is 16.9 Å². The summed E-state index contributed by atoms with van der Waals surface area (Å²) >= 11 is 0. The van der Waals surface area contributed by atoms with Gasteiger partial charge in [0.2, 0.25) is 0 Å². The fourth-order valence-electron chi connectivity index (χ4n) is 3.30. The summed E-state index contributed by atoms with van der Waals surface area (Å²) in [5.41, 5.74) is 5.78. The van der Waals surface area contributed by atoms with Crippen molar-refractivity contribution >= 4 is 23.8 Å². The van der Waals surface area contributed by atoms with Gasteiger partial charge in [-0.15, -0.1) is 0 Å². The van der Waals surface area contributed by atoms with Gasteiger partial charge in [-0.3, -0.25) is 9.98 Å². The molecular formula is C28H32N2O3. The molecule has 0 radical (unpaired) electrons. The van der Waals surface area contributed by atoms with Gasteiger partial charge in [-0.2, -0.15) is 0 Å². The van der Waals surface area contributed by atoms with E-state index in [1.165, 1.54) is 0 Å².